The number of pyridine rings is 1. The Kier molecular flexibility index (Phi) is 4.00. The average molecular weight is 262 g/mol. The third-order valence-electron chi connectivity index (χ3n) is 3.04. The van der Waals surface area contributed by atoms with Crippen LogP contribution in [0.4, 0.5) is 0 Å². The van der Waals surface area contributed by atoms with Crippen LogP contribution < -0.4 is 0 Å². The highest BCUT2D eigenvalue weighted by Gasteiger charge is 2.13. The largest absolute Gasteiger partial charge is 0.388 e. The molecule has 0 aliphatic carbocycles. The van der Waals surface area contributed by atoms with Gasteiger partial charge in [0, 0.05) is 23.3 Å². The Hall–Kier alpha value is -1.38. The molecule has 2 aromatic rings. The number of benzene rings is 1. The van der Waals surface area contributed by atoms with E-state index >= 15 is 0 Å². The summed E-state index contributed by atoms with van der Waals surface area (Å²) in [5, 5.41) is 10.9. The van der Waals surface area contributed by atoms with E-state index in [1.165, 1.54) is 0 Å². The first-order chi connectivity index (χ1) is 8.58. The van der Waals surface area contributed by atoms with E-state index in [1.807, 2.05) is 50.4 Å². The maximum atomic E-state index is 10.2. The van der Waals surface area contributed by atoms with Gasteiger partial charge in [-0.05, 0) is 42.7 Å². The highest BCUT2D eigenvalue weighted by molar-refractivity contribution is 6.31. The molecule has 94 valence electrons. The minimum Gasteiger partial charge on any atom is -0.388 e. The van der Waals surface area contributed by atoms with Gasteiger partial charge >= 0.3 is 0 Å². The van der Waals surface area contributed by atoms with Crippen LogP contribution >= 0.6 is 11.6 Å². The standard InChI is InChI=1S/C15H16ClNO/c1-10-6-7-12(17-9-10)8-15(18)13-4-3-5-14(16)11(13)2/h3-7,9,15,18H,8H2,1-2H3. The predicted octanol–water partition coefficient (Wildman–Crippen LogP) is 3.63. The number of aromatic nitrogens is 1. The van der Waals surface area contributed by atoms with Crippen LogP contribution in [0.15, 0.2) is 36.5 Å². The van der Waals surface area contributed by atoms with E-state index in [4.69, 9.17) is 11.6 Å². The summed E-state index contributed by atoms with van der Waals surface area (Å²) in [6.07, 6.45) is 1.74. The summed E-state index contributed by atoms with van der Waals surface area (Å²) < 4.78 is 0. The minimum absolute atomic E-state index is 0.501. The van der Waals surface area contributed by atoms with Crippen molar-refractivity contribution in [3.05, 3.63) is 63.9 Å². The molecule has 0 saturated carbocycles. The fraction of sp³-hybridized carbons (Fsp3) is 0.267. The highest BCUT2D eigenvalue weighted by Crippen LogP contribution is 2.26. The van der Waals surface area contributed by atoms with Crippen LogP contribution in [-0.4, -0.2) is 10.1 Å². The first-order valence-electron chi connectivity index (χ1n) is 5.92. The van der Waals surface area contributed by atoms with Gasteiger partial charge < -0.3 is 5.11 Å². The number of hydrogen-bond donors (Lipinski definition) is 1. The number of nitrogens with zero attached hydrogens (tertiary/aromatic N) is 1. The van der Waals surface area contributed by atoms with Crippen molar-refractivity contribution in [3.63, 3.8) is 0 Å². The molecule has 0 bridgehead atoms. The van der Waals surface area contributed by atoms with E-state index in [0.29, 0.717) is 11.4 Å². The Bertz CT molecular complexity index is 537. The van der Waals surface area contributed by atoms with Crippen molar-refractivity contribution in [2.45, 2.75) is 26.4 Å². The summed E-state index contributed by atoms with van der Waals surface area (Å²) in [4.78, 5) is 4.30. The SMILES string of the molecule is Cc1ccc(CC(O)c2cccc(Cl)c2C)nc1. The Morgan fingerprint density at radius 2 is 2.00 bits per heavy atom. The molecule has 3 heteroatoms. The molecular formula is C15H16ClNO. The van der Waals surface area contributed by atoms with Crippen LogP contribution in [0, 0.1) is 13.8 Å². The first kappa shape index (κ1) is 13.1. The molecule has 1 N–H and O–H groups in total. The first-order valence-corrected chi connectivity index (χ1v) is 6.30. The van der Waals surface area contributed by atoms with E-state index in [1.54, 1.807) is 0 Å². The Morgan fingerprint density at radius 1 is 1.22 bits per heavy atom. The summed E-state index contributed by atoms with van der Waals surface area (Å²) >= 11 is 6.05. The molecule has 2 nitrogen and oxygen atoms in total. The molecule has 0 spiro atoms. The van der Waals surface area contributed by atoms with Crippen molar-refractivity contribution >= 4 is 11.6 Å². The Labute approximate surface area is 112 Å². The number of rotatable bonds is 3. The maximum Gasteiger partial charge on any atom is 0.0848 e. The monoisotopic (exact) mass is 261 g/mol. The molecular weight excluding hydrogens is 246 g/mol. The number of aliphatic hydroxyl groups excluding tert-OH is 1. The number of halogens is 1. The van der Waals surface area contributed by atoms with Crippen molar-refractivity contribution in [3.8, 4) is 0 Å². The molecule has 0 saturated heterocycles. The summed E-state index contributed by atoms with van der Waals surface area (Å²) in [5.74, 6) is 0. The van der Waals surface area contributed by atoms with Crippen LogP contribution in [0.1, 0.15) is 28.5 Å². The lowest BCUT2D eigenvalue weighted by molar-refractivity contribution is 0.176. The third-order valence-corrected chi connectivity index (χ3v) is 3.45. The van der Waals surface area contributed by atoms with Crippen molar-refractivity contribution in [2.75, 3.05) is 0 Å². The van der Waals surface area contributed by atoms with Gasteiger partial charge in [-0.2, -0.15) is 0 Å². The fourth-order valence-corrected chi connectivity index (χ4v) is 2.09. The van der Waals surface area contributed by atoms with Gasteiger partial charge in [0.15, 0.2) is 0 Å². The molecule has 0 amide bonds. The second-order valence-electron chi connectivity index (χ2n) is 4.50. The van der Waals surface area contributed by atoms with Crippen molar-refractivity contribution in [1.29, 1.82) is 0 Å². The van der Waals surface area contributed by atoms with Gasteiger partial charge in [0.05, 0.1) is 6.10 Å². The van der Waals surface area contributed by atoms with Gasteiger partial charge in [0.1, 0.15) is 0 Å². The summed E-state index contributed by atoms with van der Waals surface area (Å²) in [5.41, 5.74) is 3.79. The zero-order valence-electron chi connectivity index (χ0n) is 10.5. The van der Waals surface area contributed by atoms with Gasteiger partial charge in [0.2, 0.25) is 0 Å². The molecule has 1 aromatic carbocycles. The molecule has 1 unspecified atom stereocenters. The van der Waals surface area contributed by atoms with Crippen molar-refractivity contribution in [1.82, 2.24) is 4.98 Å². The number of aliphatic hydroxyl groups is 1. The quantitative estimate of drug-likeness (QED) is 0.915. The van der Waals surface area contributed by atoms with Crippen molar-refractivity contribution in [2.24, 2.45) is 0 Å². The van der Waals surface area contributed by atoms with E-state index in [-0.39, 0.29) is 0 Å². The highest BCUT2D eigenvalue weighted by atomic mass is 35.5. The summed E-state index contributed by atoms with van der Waals surface area (Å²) in [7, 11) is 0. The molecule has 0 fully saturated rings. The molecule has 0 radical (unpaired) electrons. The molecule has 0 aliphatic heterocycles. The molecule has 1 atom stereocenters. The van der Waals surface area contributed by atoms with E-state index in [0.717, 1.165) is 22.4 Å². The normalized spacial score (nSPS) is 12.4. The molecule has 0 aliphatic rings. The van der Waals surface area contributed by atoms with Gasteiger partial charge in [-0.25, -0.2) is 0 Å². The van der Waals surface area contributed by atoms with Crippen LogP contribution in [0.3, 0.4) is 0 Å². The van der Waals surface area contributed by atoms with Crippen LogP contribution in [0.5, 0.6) is 0 Å². The summed E-state index contributed by atoms with van der Waals surface area (Å²) in [6.45, 7) is 3.91. The van der Waals surface area contributed by atoms with Gasteiger partial charge in [0.25, 0.3) is 0 Å². The Morgan fingerprint density at radius 3 is 2.67 bits per heavy atom. The number of hydrogen-bond acceptors (Lipinski definition) is 2. The van der Waals surface area contributed by atoms with Gasteiger partial charge in [-0.15, -0.1) is 0 Å². The maximum absolute atomic E-state index is 10.2. The second kappa shape index (κ2) is 5.51. The lowest BCUT2D eigenvalue weighted by atomic mass is 9.99. The summed E-state index contributed by atoms with van der Waals surface area (Å²) in [6, 6.07) is 9.53. The topological polar surface area (TPSA) is 33.1 Å². The zero-order valence-corrected chi connectivity index (χ0v) is 11.3. The average Bonchev–Trinajstić information content (AvgIpc) is 2.35. The van der Waals surface area contributed by atoms with Crippen molar-refractivity contribution < 1.29 is 5.11 Å². The molecule has 2 rings (SSSR count). The molecule has 1 heterocycles. The van der Waals surface area contributed by atoms with E-state index in [2.05, 4.69) is 4.98 Å². The second-order valence-corrected chi connectivity index (χ2v) is 4.91. The Balaban J connectivity index is 2.19. The lowest BCUT2D eigenvalue weighted by Crippen LogP contribution is -2.05. The van der Waals surface area contributed by atoms with Crippen LogP contribution in [0.25, 0.3) is 0 Å². The fourth-order valence-electron chi connectivity index (χ4n) is 1.91. The van der Waals surface area contributed by atoms with Crippen LogP contribution in [0.2, 0.25) is 5.02 Å². The van der Waals surface area contributed by atoms with E-state index < -0.39 is 6.10 Å². The smallest absolute Gasteiger partial charge is 0.0848 e. The number of aryl methyl sites for hydroxylation is 1. The lowest BCUT2D eigenvalue weighted by Gasteiger charge is -2.14. The molecule has 1 aromatic heterocycles. The van der Waals surface area contributed by atoms with E-state index in [9.17, 15) is 5.11 Å². The zero-order chi connectivity index (χ0) is 13.1. The predicted molar refractivity (Wildman–Crippen MR) is 73.8 cm³/mol. The van der Waals surface area contributed by atoms with Gasteiger partial charge in [-0.3, -0.25) is 4.98 Å². The van der Waals surface area contributed by atoms with Crippen LogP contribution in [-0.2, 0) is 6.42 Å². The molecule has 18 heavy (non-hydrogen) atoms. The van der Waals surface area contributed by atoms with Gasteiger partial charge in [-0.1, -0.05) is 29.8 Å². The minimum atomic E-state index is -0.570. The third kappa shape index (κ3) is 2.89.